The second-order valence-corrected chi connectivity index (χ2v) is 16.6. The highest BCUT2D eigenvalue weighted by molar-refractivity contribution is 5.92. The Bertz CT molecular complexity index is 3030. The molecule has 16 nitrogen and oxygen atoms in total. The summed E-state index contributed by atoms with van der Waals surface area (Å²) in [5.41, 5.74) is 3.12. The van der Waals surface area contributed by atoms with E-state index < -0.39 is 35.1 Å². The molecule has 16 heteroatoms. The van der Waals surface area contributed by atoms with Crippen molar-refractivity contribution in [2.24, 2.45) is 0 Å². The largest absolute Gasteiger partial charge is 0.458 e. The van der Waals surface area contributed by atoms with E-state index in [2.05, 4.69) is 0 Å². The number of pyridine rings is 4. The van der Waals surface area contributed by atoms with E-state index in [9.17, 15) is 39.0 Å². The van der Waals surface area contributed by atoms with Crippen molar-refractivity contribution in [1.82, 2.24) is 19.1 Å². The van der Waals surface area contributed by atoms with E-state index in [1.54, 1.807) is 71.5 Å². The zero-order chi connectivity index (χ0) is 45.0. The molecular weight excluding hydrogens is 825 g/mol. The molecule has 0 fully saturated rings. The Morgan fingerprint density at radius 2 is 1.03 bits per heavy atom. The Kier molecular flexibility index (Phi) is 9.46. The summed E-state index contributed by atoms with van der Waals surface area (Å²) >= 11 is 0. The van der Waals surface area contributed by atoms with Crippen molar-refractivity contribution in [3.05, 3.63) is 114 Å². The molecule has 326 valence electrons. The average Bonchev–Trinajstić information content (AvgIpc) is 3.85. The molecule has 0 saturated carbocycles. The molecule has 0 amide bonds. The minimum atomic E-state index is -1.94. The third kappa shape index (κ3) is 5.95. The Morgan fingerprint density at radius 3 is 1.41 bits per heavy atom. The number of benzene rings is 2. The van der Waals surface area contributed by atoms with Gasteiger partial charge in [-0.15, -0.1) is 0 Å². The molecule has 4 aliphatic rings. The summed E-state index contributed by atoms with van der Waals surface area (Å²) in [6.45, 7) is 7.26. The lowest BCUT2D eigenvalue weighted by molar-refractivity contribution is -0.172. The topological polar surface area (TPSA) is 215 Å². The van der Waals surface area contributed by atoms with E-state index in [0.717, 1.165) is 33.0 Å². The predicted molar refractivity (Wildman–Crippen MR) is 228 cm³/mol. The van der Waals surface area contributed by atoms with E-state index in [4.69, 9.17) is 28.9 Å². The molecule has 0 spiro atoms. The number of cyclic esters (lactones) is 2. The summed E-state index contributed by atoms with van der Waals surface area (Å²) < 4.78 is 24.9. The molecule has 0 radical (unpaired) electrons. The summed E-state index contributed by atoms with van der Waals surface area (Å²) in [4.78, 5) is 88.6. The van der Waals surface area contributed by atoms with Crippen LogP contribution in [-0.4, -0.2) is 53.2 Å². The number of esters is 4. The van der Waals surface area contributed by atoms with Crippen LogP contribution in [0.2, 0.25) is 0 Å². The zero-order valence-electron chi connectivity index (χ0n) is 35.5. The minimum absolute atomic E-state index is 0.0355. The molecule has 2 aromatic carbocycles. The molecule has 2 unspecified atom stereocenters. The van der Waals surface area contributed by atoms with Crippen molar-refractivity contribution < 1.29 is 48.3 Å². The second kappa shape index (κ2) is 14.8. The summed E-state index contributed by atoms with van der Waals surface area (Å²) in [6.07, 6.45) is 0.686. The first kappa shape index (κ1) is 41.0. The first-order valence-electron chi connectivity index (χ1n) is 21.4. The molecule has 4 aromatic heterocycles. The van der Waals surface area contributed by atoms with Crippen molar-refractivity contribution >= 4 is 45.7 Å². The van der Waals surface area contributed by atoms with Gasteiger partial charge < -0.3 is 38.3 Å². The number of fused-ring (bicyclic) bond motifs is 10. The fourth-order valence-corrected chi connectivity index (χ4v) is 9.79. The van der Waals surface area contributed by atoms with Crippen LogP contribution < -0.4 is 20.6 Å². The van der Waals surface area contributed by atoms with Crippen molar-refractivity contribution in [1.29, 1.82) is 0 Å². The van der Waals surface area contributed by atoms with Gasteiger partial charge in [-0.25, -0.2) is 19.6 Å². The van der Waals surface area contributed by atoms with Gasteiger partial charge in [-0.05, 0) is 85.3 Å². The molecule has 4 aliphatic heterocycles. The molecule has 2 N–H and O–H groups in total. The van der Waals surface area contributed by atoms with Gasteiger partial charge in [0.05, 0.1) is 70.9 Å². The number of carbonyl (C=O) groups excluding carboxylic acids is 4. The maximum atomic E-state index is 13.7. The number of ether oxygens (including phenoxy) is 4. The Hall–Kier alpha value is -7.04. The summed E-state index contributed by atoms with van der Waals surface area (Å²) in [5.74, 6) is -2.37. The van der Waals surface area contributed by atoms with Crippen molar-refractivity contribution in [3.63, 3.8) is 0 Å². The SMILES string of the molecule is CCc1c2c(nc3ccc(OC(=O)CCC(=O)Oc4ccc5nc6c(c(CC)c5c4)Cn4c-6cc5c(c4=O)COC(=O)C5(O)CC)cc13)-c1cc3c(c(=O)n1C2)COC(=O)C3(O)CC. The first-order valence-corrected chi connectivity index (χ1v) is 21.4. The molecule has 6 aromatic rings. The van der Waals surface area contributed by atoms with Gasteiger partial charge >= 0.3 is 23.9 Å². The summed E-state index contributed by atoms with van der Waals surface area (Å²) in [5, 5.41) is 23.9. The summed E-state index contributed by atoms with van der Waals surface area (Å²) in [7, 11) is 0. The van der Waals surface area contributed by atoms with Crippen molar-refractivity contribution in [2.75, 3.05) is 0 Å². The highest BCUT2D eigenvalue weighted by Gasteiger charge is 2.47. The number of hydrogen-bond donors (Lipinski definition) is 2. The van der Waals surface area contributed by atoms with E-state index in [0.29, 0.717) is 46.7 Å². The third-order valence-electron chi connectivity index (χ3n) is 13.3. The fraction of sp³-hybridized carbons (Fsp3) is 0.333. The van der Waals surface area contributed by atoms with E-state index >= 15 is 0 Å². The smallest absolute Gasteiger partial charge is 0.343 e. The molecular formula is C48H42N4O12. The van der Waals surface area contributed by atoms with Crippen LogP contribution in [0.25, 0.3) is 44.6 Å². The van der Waals surface area contributed by atoms with Gasteiger partial charge in [0.2, 0.25) is 0 Å². The predicted octanol–water partition coefficient (Wildman–Crippen LogP) is 4.89. The van der Waals surface area contributed by atoms with Gasteiger partial charge in [-0.3, -0.25) is 19.2 Å². The van der Waals surface area contributed by atoms with Gasteiger partial charge in [0.15, 0.2) is 11.2 Å². The van der Waals surface area contributed by atoms with Crippen LogP contribution in [0.4, 0.5) is 0 Å². The van der Waals surface area contributed by atoms with Crippen LogP contribution in [-0.2, 0) is 79.0 Å². The summed E-state index contributed by atoms with van der Waals surface area (Å²) in [6, 6.07) is 13.4. The van der Waals surface area contributed by atoms with Crippen molar-refractivity contribution in [3.8, 4) is 34.3 Å². The number of carbonyl (C=O) groups is 4. The fourth-order valence-electron chi connectivity index (χ4n) is 9.79. The van der Waals surface area contributed by atoms with Gasteiger partial charge in [-0.1, -0.05) is 27.7 Å². The van der Waals surface area contributed by atoms with Gasteiger partial charge in [0.25, 0.3) is 11.1 Å². The molecule has 8 heterocycles. The third-order valence-corrected chi connectivity index (χ3v) is 13.3. The van der Waals surface area contributed by atoms with E-state index in [-0.39, 0.29) is 96.9 Å². The lowest BCUT2D eigenvalue weighted by Gasteiger charge is -2.31. The Morgan fingerprint density at radius 1 is 0.625 bits per heavy atom. The Balaban J connectivity index is 0.850. The molecule has 0 bridgehead atoms. The van der Waals surface area contributed by atoms with E-state index in [1.165, 1.54) is 0 Å². The van der Waals surface area contributed by atoms with Crippen LogP contribution in [0.1, 0.15) is 97.9 Å². The van der Waals surface area contributed by atoms with Crippen LogP contribution in [0.15, 0.2) is 58.1 Å². The lowest BCUT2D eigenvalue weighted by atomic mass is 9.86. The minimum Gasteiger partial charge on any atom is -0.458 e. The monoisotopic (exact) mass is 866 g/mol. The van der Waals surface area contributed by atoms with Crippen LogP contribution >= 0.6 is 0 Å². The van der Waals surface area contributed by atoms with Crippen LogP contribution in [0, 0.1) is 0 Å². The average molecular weight is 867 g/mol. The van der Waals surface area contributed by atoms with Gasteiger partial charge in [-0.2, -0.15) is 0 Å². The zero-order valence-corrected chi connectivity index (χ0v) is 35.5. The number of nitrogens with zero attached hydrogens (tertiary/aromatic N) is 4. The standard InChI is InChI=1S/C48H42N4O12/c1-5-25-27-15-23(9-11-35(27)49-41-29(25)19-51-37(41)17-33-31(43(51)55)21-61-45(57)47(33,59)7-3)63-39(53)13-14-40(54)64-24-10-12-36-28(16-24)26(6-2)30-20-52-38(42(30)50-36)18-34-32(44(52)56)22-62-46(58)48(34,60)8-4/h9-12,15-18,59-60H,5-8,13-14,19-22H2,1-4H3. The molecule has 10 rings (SSSR count). The number of aryl methyl sites for hydroxylation is 2. The van der Waals surface area contributed by atoms with Gasteiger partial charge in [0.1, 0.15) is 24.7 Å². The maximum absolute atomic E-state index is 13.7. The maximum Gasteiger partial charge on any atom is 0.343 e. The van der Waals surface area contributed by atoms with Crippen LogP contribution in [0.5, 0.6) is 11.5 Å². The van der Waals surface area contributed by atoms with Crippen LogP contribution in [0.3, 0.4) is 0 Å². The quantitative estimate of drug-likeness (QED) is 0.146. The first-order chi connectivity index (χ1) is 30.7. The molecule has 64 heavy (non-hydrogen) atoms. The highest BCUT2D eigenvalue weighted by atomic mass is 16.6. The number of aromatic nitrogens is 4. The van der Waals surface area contributed by atoms with Gasteiger partial charge in [0, 0.05) is 33.0 Å². The number of hydrogen-bond acceptors (Lipinski definition) is 14. The lowest BCUT2D eigenvalue weighted by Crippen LogP contribution is -2.44. The number of rotatable bonds is 9. The molecule has 0 saturated heterocycles. The second-order valence-electron chi connectivity index (χ2n) is 16.6. The highest BCUT2D eigenvalue weighted by Crippen LogP contribution is 2.43. The Labute approximate surface area is 364 Å². The van der Waals surface area contributed by atoms with Crippen molar-refractivity contribution in [2.45, 2.75) is 104 Å². The normalized spacial score (nSPS) is 19.0. The molecule has 0 aliphatic carbocycles. The number of aliphatic hydroxyl groups is 2. The van der Waals surface area contributed by atoms with E-state index in [1.807, 2.05) is 13.8 Å². The molecule has 2 atom stereocenters.